The molecule has 1 rings (SSSR count). The van der Waals surface area contributed by atoms with Gasteiger partial charge in [0.1, 0.15) is 5.60 Å². The summed E-state index contributed by atoms with van der Waals surface area (Å²) in [5, 5.41) is 9.34. The minimum absolute atomic E-state index is 0.161. The van der Waals surface area contributed by atoms with Gasteiger partial charge in [0.15, 0.2) is 0 Å². The first-order valence-corrected chi connectivity index (χ1v) is 6.48. The van der Waals surface area contributed by atoms with Crippen LogP contribution in [0.2, 0.25) is 0 Å². The standard InChI is InChI=1S/C15H23NO3/c1-13(18)19-15(2,12-17)9-10-16(3)11-14-7-5-4-6-8-14/h4-8,17H,9-12H2,1-3H3. The lowest BCUT2D eigenvalue weighted by molar-refractivity contribution is -0.160. The van der Waals surface area contributed by atoms with Crippen LogP contribution in [-0.2, 0) is 16.1 Å². The van der Waals surface area contributed by atoms with E-state index in [2.05, 4.69) is 17.0 Å². The molecule has 0 heterocycles. The van der Waals surface area contributed by atoms with E-state index in [9.17, 15) is 9.90 Å². The van der Waals surface area contributed by atoms with E-state index in [1.807, 2.05) is 25.2 Å². The van der Waals surface area contributed by atoms with E-state index in [4.69, 9.17) is 4.74 Å². The van der Waals surface area contributed by atoms with E-state index in [0.29, 0.717) is 6.42 Å². The van der Waals surface area contributed by atoms with Crippen LogP contribution >= 0.6 is 0 Å². The number of hydrogen-bond donors (Lipinski definition) is 1. The molecule has 0 saturated carbocycles. The summed E-state index contributed by atoms with van der Waals surface area (Å²) in [4.78, 5) is 13.2. The van der Waals surface area contributed by atoms with Gasteiger partial charge < -0.3 is 14.7 Å². The van der Waals surface area contributed by atoms with Gasteiger partial charge in [-0.2, -0.15) is 0 Å². The Kier molecular flexibility index (Phi) is 5.99. The number of rotatable bonds is 7. The highest BCUT2D eigenvalue weighted by Gasteiger charge is 2.26. The Morgan fingerprint density at radius 1 is 1.37 bits per heavy atom. The molecule has 1 N–H and O–H groups in total. The third-order valence-electron chi connectivity index (χ3n) is 3.04. The van der Waals surface area contributed by atoms with Crippen LogP contribution in [-0.4, -0.2) is 41.8 Å². The van der Waals surface area contributed by atoms with Crippen molar-refractivity contribution in [1.82, 2.24) is 4.90 Å². The highest BCUT2D eigenvalue weighted by atomic mass is 16.6. The van der Waals surface area contributed by atoms with E-state index in [1.165, 1.54) is 12.5 Å². The molecule has 0 aliphatic rings. The number of carbonyl (C=O) groups excluding carboxylic acids is 1. The molecular weight excluding hydrogens is 242 g/mol. The summed E-state index contributed by atoms with van der Waals surface area (Å²) in [6.45, 7) is 4.54. The summed E-state index contributed by atoms with van der Waals surface area (Å²) in [6.07, 6.45) is 0.604. The predicted molar refractivity (Wildman–Crippen MR) is 74.6 cm³/mol. The molecule has 0 aromatic heterocycles. The number of benzene rings is 1. The number of nitrogens with zero attached hydrogens (tertiary/aromatic N) is 1. The van der Waals surface area contributed by atoms with Crippen LogP contribution in [0.4, 0.5) is 0 Å². The largest absolute Gasteiger partial charge is 0.457 e. The van der Waals surface area contributed by atoms with Crippen molar-refractivity contribution < 1.29 is 14.6 Å². The summed E-state index contributed by atoms with van der Waals surface area (Å²) in [6, 6.07) is 10.2. The molecule has 0 aliphatic carbocycles. The van der Waals surface area contributed by atoms with Crippen LogP contribution in [0.5, 0.6) is 0 Å². The lowest BCUT2D eigenvalue weighted by Crippen LogP contribution is -2.38. The van der Waals surface area contributed by atoms with Gasteiger partial charge in [-0.05, 0) is 19.5 Å². The SMILES string of the molecule is CC(=O)OC(C)(CO)CCN(C)Cc1ccccc1. The summed E-state index contributed by atoms with van der Waals surface area (Å²) in [5.41, 5.74) is 0.444. The van der Waals surface area contributed by atoms with Crippen LogP contribution in [0, 0.1) is 0 Å². The number of esters is 1. The van der Waals surface area contributed by atoms with Crippen molar-refractivity contribution in [3.05, 3.63) is 35.9 Å². The molecule has 1 aromatic carbocycles. The maximum Gasteiger partial charge on any atom is 0.303 e. The van der Waals surface area contributed by atoms with Crippen molar-refractivity contribution in [3.63, 3.8) is 0 Å². The zero-order valence-corrected chi connectivity index (χ0v) is 11.9. The fourth-order valence-corrected chi connectivity index (χ4v) is 1.91. The van der Waals surface area contributed by atoms with E-state index in [-0.39, 0.29) is 12.6 Å². The highest BCUT2D eigenvalue weighted by molar-refractivity contribution is 5.66. The molecule has 1 aromatic rings. The Balaban J connectivity index is 2.44. The summed E-state index contributed by atoms with van der Waals surface area (Å²) >= 11 is 0. The monoisotopic (exact) mass is 265 g/mol. The second-order valence-corrected chi connectivity index (χ2v) is 5.18. The normalized spacial score (nSPS) is 14.2. The topological polar surface area (TPSA) is 49.8 Å². The molecule has 4 nitrogen and oxygen atoms in total. The molecule has 4 heteroatoms. The average molecular weight is 265 g/mol. The van der Waals surface area contributed by atoms with Gasteiger partial charge in [0, 0.05) is 26.4 Å². The predicted octanol–water partition coefficient (Wildman–Crippen LogP) is 1.82. The smallest absolute Gasteiger partial charge is 0.303 e. The van der Waals surface area contributed by atoms with Gasteiger partial charge in [-0.1, -0.05) is 30.3 Å². The van der Waals surface area contributed by atoms with Crippen LogP contribution in [0.15, 0.2) is 30.3 Å². The second-order valence-electron chi connectivity index (χ2n) is 5.18. The Bertz CT molecular complexity index is 394. The first kappa shape index (κ1) is 15.7. The molecule has 19 heavy (non-hydrogen) atoms. The van der Waals surface area contributed by atoms with Gasteiger partial charge in [-0.15, -0.1) is 0 Å². The molecule has 0 bridgehead atoms. The lowest BCUT2D eigenvalue weighted by Gasteiger charge is -2.29. The average Bonchev–Trinajstić information content (AvgIpc) is 2.37. The molecular formula is C15H23NO3. The third kappa shape index (κ3) is 5.85. The van der Waals surface area contributed by atoms with Crippen LogP contribution in [0.3, 0.4) is 0 Å². The van der Waals surface area contributed by atoms with Gasteiger partial charge in [0.25, 0.3) is 0 Å². The maximum absolute atomic E-state index is 11.0. The van der Waals surface area contributed by atoms with Crippen LogP contribution < -0.4 is 0 Å². The molecule has 0 spiro atoms. The molecule has 1 atom stereocenters. The Hall–Kier alpha value is -1.39. The van der Waals surface area contributed by atoms with Crippen molar-refractivity contribution in [3.8, 4) is 0 Å². The first-order valence-electron chi connectivity index (χ1n) is 6.48. The summed E-state index contributed by atoms with van der Waals surface area (Å²) < 4.78 is 5.17. The molecule has 0 aliphatic heterocycles. The Morgan fingerprint density at radius 2 is 2.00 bits per heavy atom. The number of aliphatic hydroxyl groups is 1. The third-order valence-corrected chi connectivity index (χ3v) is 3.04. The van der Waals surface area contributed by atoms with Gasteiger partial charge >= 0.3 is 5.97 Å². The van der Waals surface area contributed by atoms with Crippen molar-refractivity contribution in [2.75, 3.05) is 20.2 Å². The number of hydrogen-bond acceptors (Lipinski definition) is 4. The van der Waals surface area contributed by atoms with Crippen molar-refractivity contribution in [1.29, 1.82) is 0 Å². The minimum atomic E-state index is -0.795. The number of ether oxygens (including phenoxy) is 1. The van der Waals surface area contributed by atoms with Gasteiger partial charge in [-0.3, -0.25) is 4.79 Å². The molecule has 0 amide bonds. The maximum atomic E-state index is 11.0. The van der Waals surface area contributed by atoms with Crippen molar-refractivity contribution in [2.24, 2.45) is 0 Å². The van der Waals surface area contributed by atoms with Crippen molar-refractivity contribution >= 4 is 5.97 Å². The molecule has 1 unspecified atom stereocenters. The molecule has 0 saturated heterocycles. The highest BCUT2D eigenvalue weighted by Crippen LogP contribution is 2.16. The van der Waals surface area contributed by atoms with E-state index < -0.39 is 5.60 Å². The first-order chi connectivity index (χ1) is 8.95. The summed E-state index contributed by atoms with van der Waals surface area (Å²) in [5.74, 6) is -0.359. The van der Waals surface area contributed by atoms with E-state index in [0.717, 1.165) is 13.1 Å². The van der Waals surface area contributed by atoms with E-state index in [1.54, 1.807) is 6.92 Å². The summed E-state index contributed by atoms with van der Waals surface area (Å²) in [7, 11) is 2.01. The van der Waals surface area contributed by atoms with Gasteiger partial charge in [0.2, 0.25) is 0 Å². The fraction of sp³-hybridized carbons (Fsp3) is 0.533. The number of aliphatic hydroxyl groups excluding tert-OH is 1. The lowest BCUT2D eigenvalue weighted by atomic mass is 10.0. The van der Waals surface area contributed by atoms with Gasteiger partial charge in [-0.25, -0.2) is 0 Å². The van der Waals surface area contributed by atoms with E-state index >= 15 is 0 Å². The quantitative estimate of drug-likeness (QED) is 0.764. The zero-order chi connectivity index (χ0) is 14.3. The fourth-order valence-electron chi connectivity index (χ4n) is 1.91. The Morgan fingerprint density at radius 3 is 2.53 bits per heavy atom. The van der Waals surface area contributed by atoms with Crippen LogP contribution in [0.25, 0.3) is 0 Å². The van der Waals surface area contributed by atoms with Crippen LogP contribution in [0.1, 0.15) is 25.8 Å². The Labute approximate surface area is 115 Å². The van der Waals surface area contributed by atoms with Gasteiger partial charge in [0.05, 0.1) is 6.61 Å². The minimum Gasteiger partial charge on any atom is -0.457 e. The molecule has 0 fully saturated rings. The molecule has 0 radical (unpaired) electrons. The zero-order valence-electron chi connectivity index (χ0n) is 11.9. The second kappa shape index (κ2) is 7.26. The number of carbonyl (C=O) groups is 1. The molecule has 106 valence electrons. The van der Waals surface area contributed by atoms with Crippen molar-refractivity contribution in [2.45, 2.75) is 32.4 Å².